The second-order valence-corrected chi connectivity index (χ2v) is 6.76. The van der Waals surface area contributed by atoms with Gasteiger partial charge >= 0.3 is 12.0 Å². The molecule has 1 fully saturated rings. The molecule has 138 valence electrons. The number of piperidine rings is 1. The zero-order valence-corrected chi connectivity index (χ0v) is 15.0. The molecule has 2 atom stereocenters. The Balaban J connectivity index is 1.81. The van der Waals surface area contributed by atoms with E-state index < -0.39 is 11.9 Å². The predicted molar refractivity (Wildman–Crippen MR) is 95.8 cm³/mol. The molecule has 0 radical (unpaired) electrons. The summed E-state index contributed by atoms with van der Waals surface area (Å²) in [5, 5.41) is 12.1. The van der Waals surface area contributed by atoms with Crippen LogP contribution in [0.3, 0.4) is 0 Å². The van der Waals surface area contributed by atoms with Gasteiger partial charge < -0.3 is 20.1 Å². The molecule has 6 heteroatoms. The molecule has 0 bridgehead atoms. The van der Waals surface area contributed by atoms with Gasteiger partial charge in [-0.15, -0.1) is 0 Å². The summed E-state index contributed by atoms with van der Waals surface area (Å²) in [5.74, 6) is -0.247. The number of aliphatic carboxylic acids is 1. The van der Waals surface area contributed by atoms with Crippen LogP contribution in [0.5, 0.6) is 5.75 Å². The number of nitrogens with one attached hydrogen (secondary N) is 1. The lowest BCUT2D eigenvalue weighted by Gasteiger charge is -2.34. The van der Waals surface area contributed by atoms with Gasteiger partial charge in [0.25, 0.3) is 0 Å². The predicted octanol–water partition coefficient (Wildman–Crippen LogP) is 2.77. The van der Waals surface area contributed by atoms with E-state index in [-0.39, 0.29) is 18.5 Å². The summed E-state index contributed by atoms with van der Waals surface area (Å²) < 4.78 is 5.61. The topological polar surface area (TPSA) is 78.9 Å². The zero-order chi connectivity index (χ0) is 18.2. The van der Waals surface area contributed by atoms with Gasteiger partial charge in [-0.1, -0.05) is 26.0 Å². The maximum atomic E-state index is 12.3. The average molecular weight is 348 g/mol. The van der Waals surface area contributed by atoms with Crippen LogP contribution >= 0.6 is 0 Å². The van der Waals surface area contributed by atoms with Gasteiger partial charge in [0.15, 0.2) is 0 Å². The second-order valence-electron chi connectivity index (χ2n) is 6.76. The summed E-state index contributed by atoms with van der Waals surface area (Å²) >= 11 is 0. The Hall–Kier alpha value is -2.24. The highest BCUT2D eigenvalue weighted by molar-refractivity contribution is 5.76. The Morgan fingerprint density at radius 3 is 2.88 bits per heavy atom. The van der Waals surface area contributed by atoms with Gasteiger partial charge in [-0.3, -0.25) is 4.79 Å². The maximum absolute atomic E-state index is 12.3. The highest BCUT2D eigenvalue weighted by Crippen LogP contribution is 2.21. The summed E-state index contributed by atoms with van der Waals surface area (Å²) in [6.07, 6.45) is 2.30. The number of hydrogen-bond acceptors (Lipinski definition) is 3. The van der Waals surface area contributed by atoms with Crippen LogP contribution in [-0.2, 0) is 11.2 Å². The first-order valence-corrected chi connectivity index (χ1v) is 8.97. The molecule has 2 N–H and O–H groups in total. The van der Waals surface area contributed by atoms with Gasteiger partial charge in [0.05, 0.1) is 12.5 Å². The number of amides is 2. The SMILES string of the molecule is CCCOc1cccc(CCNC(=O)N2CC(C)CC(C(=O)O)C2)c1. The van der Waals surface area contributed by atoms with E-state index in [1.165, 1.54) is 0 Å². The van der Waals surface area contributed by atoms with Gasteiger partial charge in [0.1, 0.15) is 5.75 Å². The number of ether oxygens (including phenoxy) is 1. The van der Waals surface area contributed by atoms with Crippen molar-refractivity contribution in [2.24, 2.45) is 11.8 Å². The minimum absolute atomic E-state index is 0.184. The summed E-state index contributed by atoms with van der Waals surface area (Å²) in [6, 6.07) is 7.70. The number of carbonyl (C=O) groups excluding carboxylic acids is 1. The van der Waals surface area contributed by atoms with Crippen LogP contribution < -0.4 is 10.1 Å². The molecule has 0 aromatic heterocycles. The molecule has 0 aliphatic carbocycles. The molecule has 2 unspecified atom stereocenters. The molecule has 1 saturated heterocycles. The third-order valence-electron chi connectivity index (χ3n) is 4.36. The molecule has 2 rings (SSSR count). The van der Waals surface area contributed by atoms with Crippen molar-refractivity contribution in [2.75, 3.05) is 26.2 Å². The number of likely N-dealkylation sites (tertiary alicyclic amines) is 1. The molecule has 0 spiro atoms. The Labute approximate surface area is 149 Å². The third-order valence-corrected chi connectivity index (χ3v) is 4.36. The number of carboxylic acid groups (broad SMARTS) is 1. The van der Waals surface area contributed by atoms with E-state index >= 15 is 0 Å². The number of carbonyl (C=O) groups is 2. The molecule has 0 saturated carbocycles. The van der Waals surface area contributed by atoms with E-state index in [2.05, 4.69) is 12.2 Å². The Morgan fingerprint density at radius 1 is 1.36 bits per heavy atom. The van der Waals surface area contributed by atoms with Crippen LogP contribution in [0.1, 0.15) is 32.3 Å². The first-order chi connectivity index (χ1) is 12.0. The molecule has 1 aromatic carbocycles. The fourth-order valence-corrected chi connectivity index (χ4v) is 3.13. The van der Waals surface area contributed by atoms with Crippen LogP contribution in [0.2, 0.25) is 0 Å². The van der Waals surface area contributed by atoms with E-state index in [1.54, 1.807) is 4.90 Å². The number of rotatable bonds is 7. The van der Waals surface area contributed by atoms with Crippen LogP contribution in [0, 0.1) is 11.8 Å². The fraction of sp³-hybridized carbons (Fsp3) is 0.579. The number of carboxylic acids is 1. The lowest BCUT2D eigenvalue weighted by molar-refractivity contribution is -0.143. The minimum Gasteiger partial charge on any atom is -0.494 e. The number of urea groups is 1. The fourth-order valence-electron chi connectivity index (χ4n) is 3.13. The molecule has 2 amide bonds. The van der Waals surface area contributed by atoms with Crippen molar-refractivity contribution in [3.63, 3.8) is 0 Å². The van der Waals surface area contributed by atoms with Crippen LogP contribution in [-0.4, -0.2) is 48.2 Å². The molecular formula is C19H28N2O4. The number of nitrogens with zero attached hydrogens (tertiary/aromatic N) is 1. The van der Waals surface area contributed by atoms with Crippen LogP contribution in [0.25, 0.3) is 0 Å². The molecule has 1 heterocycles. The van der Waals surface area contributed by atoms with Gasteiger partial charge in [0.2, 0.25) is 0 Å². The minimum atomic E-state index is -0.826. The lowest BCUT2D eigenvalue weighted by Crippen LogP contribution is -2.49. The summed E-state index contributed by atoms with van der Waals surface area (Å²) in [4.78, 5) is 25.1. The average Bonchev–Trinajstić information content (AvgIpc) is 2.59. The highest BCUT2D eigenvalue weighted by atomic mass is 16.5. The van der Waals surface area contributed by atoms with E-state index in [4.69, 9.17) is 4.74 Å². The van der Waals surface area contributed by atoms with Crippen molar-refractivity contribution in [3.05, 3.63) is 29.8 Å². The van der Waals surface area contributed by atoms with E-state index in [0.29, 0.717) is 32.5 Å². The smallest absolute Gasteiger partial charge is 0.317 e. The molecular weight excluding hydrogens is 320 g/mol. The monoisotopic (exact) mass is 348 g/mol. The molecule has 6 nitrogen and oxygen atoms in total. The van der Waals surface area contributed by atoms with Crippen molar-refractivity contribution in [1.82, 2.24) is 10.2 Å². The summed E-state index contributed by atoms with van der Waals surface area (Å²) in [7, 11) is 0. The largest absolute Gasteiger partial charge is 0.494 e. The maximum Gasteiger partial charge on any atom is 0.317 e. The zero-order valence-electron chi connectivity index (χ0n) is 15.0. The highest BCUT2D eigenvalue weighted by Gasteiger charge is 2.31. The van der Waals surface area contributed by atoms with Crippen LogP contribution in [0.4, 0.5) is 4.79 Å². The molecule has 1 aliphatic heterocycles. The standard InChI is InChI=1S/C19H28N2O4/c1-3-9-25-17-6-4-5-15(11-17)7-8-20-19(24)21-12-14(2)10-16(13-21)18(22)23/h4-6,11,14,16H,3,7-10,12-13H2,1-2H3,(H,20,24)(H,22,23). The lowest BCUT2D eigenvalue weighted by atomic mass is 9.91. The molecule has 25 heavy (non-hydrogen) atoms. The van der Waals surface area contributed by atoms with Crippen molar-refractivity contribution < 1.29 is 19.4 Å². The molecule has 1 aromatic rings. The normalized spacial score (nSPS) is 20.2. The van der Waals surface area contributed by atoms with Crippen molar-refractivity contribution in [2.45, 2.75) is 33.1 Å². The van der Waals surface area contributed by atoms with Gasteiger partial charge in [0, 0.05) is 19.6 Å². The quantitative estimate of drug-likeness (QED) is 0.794. The Bertz CT molecular complexity index is 591. The van der Waals surface area contributed by atoms with E-state index in [0.717, 1.165) is 17.7 Å². The van der Waals surface area contributed by atoms with Gasteiger partial charge in [-0.25, -0.2) is 4.79 Å². The third kappa shape index (κ3) is 5.96. The van der Waals surface area contributed by atoms with Gasteiger partial charge in [-0.05, 0) is 42.9 Å². The van der Waals surface area contributed by atoms with Crippen molar-refractivity contribution in [1.29, 1.82) is 0 Å². The van der Waals surface area contributed by atoms with E-state index in [1.807, 2.05) is 31.2 Å². The first kappa shape index (κ1) is 19.1. The number of benzene rings is 1. The Morgan fingerprint density at radius 2 is 2.16 bits per heavy atom. The summed E-state index contributed by atoms with van der Waals surface area (Å²) in [5.41, 5.74) is 1.10. The number of hydrogen-bond donors (Lipinski definition) is 2. The first-order valence-electron chi connectivity index (χ1n) is 8.97. The van der Waals surface area contributed by atoms with Gasteiger partial charge in [-0.2, -0.15) is 0 Å². The molecule has 1 aliphatic rings. The van der Waals surface area contributed by atoms with Crippen LogP contribution in [0.15, 0.2) is 24.3 Å². The Kier molecular flexibility index (Phi) is 7.10. The summed E-state index contributed by atoms with van der Waals surface area (Å²) in [6.45, 7) is 6.14. The second kappa shape index (κ2) is 9.30. The van der Waals surface area contributed by atoms with E-state index in [9.17, 15) is 14.7 Å². The van der Waals surface area contributed by atoms with Crippen molar-refractivity contribution >= 4 is 12.0 Å². The van der Waals surface area contributed by atoms with Crippen molar-refractivity contribution in [3.8, 4) is 5.75 Å².